The summed E-state index contributed by atoms with van der Waals surface area (Å²) < 4.78 is 19.6. The minimum absolute atomic E-state index is 0.0831. The molecule has 0 radical (unpaired) electrons. The second-order valence-electron chi connectivity index (χ2n) is 18.5. The van der Waals surface area contributed by atoms with Crippen molar-refractivity contribution in [2.24, 2.45) is 0 Å². The van der Waals surface area contributed by atoms with E-state index in [4.69, 9.17) is 25.4 Å². The van der Waals surface area contributed by atoms with Crippen molar-refractivity contribution in [1.29, 1.82) is 0 Å². The molecule has 0 fully saturated rings. The molecule has 1 aliphatic heterocycles. The Morgan fingerprint density at radius 1 is 0.600 bits per heavy atom. The molecule has 290 valence electrons. The van der Waals surface area contributed by atoms with Gasteiger partial charge in [-0.2, -0.15) is 0 Å². The van der Waals surface area contributed by atoms with Gasteiger partial charge in [0.05, 0.1) is 49.1 Å². The quantitative estimate of drug-likeness (QED) is 0.180. The molecule has 0 amide bonds. The fraction of sp³-hybridized carbons (Fsp3) is 0.154. The van der Waals surface area contributed by atoms with Crippen LogP contribution in [0.1, 0.15) is 58.2 Å². The molecule has 12 aromatic rings. The minimum Gasteiger partial charge on any atom is -0.456 e. The third-order valence-corrected chi connectivity index (χ3v) is 12.8. The van der Waals surface area contributed by atoms with Crippen LogP contribution in [0.15, 0.2) is 118 Å². The number of furan rings is 2. The summed E-state index contributed by atoms with van der Waals surface area (Å²) in [6.07, 6.45) is 2.35. The first-order valence-corrected chi connectivity index (χ1v) is 20.6. The van der Waals surface area contributed by atoms with E-state index in [1.807, 2.05) is 30.3 Å². The number of benzene rings is 6. The molecule has 13 rings (SSSR count). The van der Waals surface area contributed by atoms with Crippen LogP contribution in [-0.4, -0.2) is 28.5 Å². The summed E-state index contributed by atoms with van der Waals surface area (Å²) in [5.74, 6) is 1.53. The fourth-order valence-electron chi connectivity index (χ4n) is 9.83. The van der Waals surface area contributed by atoms with Crippen LogP contribution in [0.2, 0.25) is 0 Å². The normalized spacial score (nSPS) is 13.4. The van der Waals surface area contributed by atoms with Crippen molar-refractivity contribution in [3.63, 3.8) is 0 Å². The smallest absolute Gasteiger partial charge is 0.220 e. The van der Waals surface area contributed by atoms with Crippen molar-refractivity contribution in [3.05, 3.63) is 147 Å². The number of hydrogen-bond donors (Lipinski definition) is 1. The van der Waals surface area contributed by atoms with Crippen molar-refractivity contribution >= 4 is 95.3 Å². The highest BCUT2D eigenvalue weighted by atomic mass is 16.3. The lowest BCUT2D eigenvalue weighted by molar-refractivity contribution is 0.590. The molecule has 60 heavy (non-hydrogen) atoms. The summed E-state index contributed by atoms with van der Waals surface area (Å²) >= 11 is 0. The van der Waals surface area contributed by atoms with Gasteiger partial charge in [0.15, 0.2) is 0 Å². The van der Waals surface area contributed by atoms with E-state index in [1.54, 1.807) is 0 Å². The number of imidazole rings is 3. The number of hydrogen-bond acceptors (Lipinski definition) is 4. The topological polar surface area (TPSA) is 82.1 Å². The molecule has 1 aliphatic rings. The van der Waals surface area contributed by atoms with Crippen LogP contribution in [0.4, 0.5) is 0 Å². The van der Waals surface area contributed by atoms with Crippen LogP contribution in [0.3, 0.4) is 0 Å². The largest absolute Gasteiger partial charge is 0.456 e. The van der Waals surface area contributed by atoms with Crippen LogP contribution in [0.5, 0.6) is 0 Å². The number of nitrogens with zero attached hydrogens (tertiary/aromatic N) is 5. The SMILES string of the molecule is C=c1c2n3c4ccc5oc6ccccc6c5c4nc3n1-c1ccc(C(C)(C)C)cc1C=c1c=2c2cc(C(C)(C)C)ccc2n1-c1nc2c(ccc3oc4ccccc4c32)[nH]1. The van der Waals surface area contributed by atoms with E-state index in [2.05, 4.69) is 145 Å². The first kappa shape index (κ1) is 33.6. The average molecular weight is 781 g/mol. The van der Waals surface area contributed by atoms with E-state index < -0.39 is 0 Å². The van der Waals surface area contributed by atoms with Crippen LogP contribution in [-0.2, 0) is 10.8 Å². The molecule has 6 aromatic heterocycles. The molecule has 0 aliphatic carbocycles. The summed E-state index contributed by atoms with van der Waals surface area (Å²) in [4.78, 5) is 14.8. The predicted molar refractivity (Wildman–Crippen MR) is 243 cm³/mol. The van der Waals surface area contributed by atoms with Crippen LogP contribution in [0, 0.1) is 10.6 Å². The average Bonchev–Trinajstić information content (AvgIpc) is 4.06. The van der Waals surface area contributed by atoms with E-state index in [9.17, 15) is 0 Å². The summed E-state index contributed by atoms with van der Waals surface area (Å²) in [5.41, 5.74) is 12.5. The number of aromatic amines is 1. The molecule has 7 heterocycles. The van der Waals surface area contributed by atoms with Crippen LogP contribution < -0.4 is 10.7 Å². The van der Waals surface area contributed by atoms with Crippen molar-refractivity contribution in [2.45, 2.75) is 52.4 Å². The summed E-state index contributed by atoms with van der Waals surface area (Å²) in [6, 6.07) is 38.5. The second-order valence-corrected chi connectivity index (χ2v) is 18.5. The Labute approximate surface area is 342 Å². The molecule has 0 atom stereocenters. The first-order valence-electron chi connectivity index (χ1n) is 20.6. The monoisotopic (exact) mass is 780 g/mol. The molecule has 0 spiro atoms. The number of nitrogens with one attached hydrogen (secondary N) is 1. The Hall–Kier alpha value is -7.32. The highest BCUT2D eigenvalue weighted by molar-refractivity contribution is 6.18. The van der Waals surface area contributed by atoms with Crippen LogP contribution in [0.25, 0.3) is 107 Å². The van der Waals surface area contributed by atoms with Gasteiger partial charge in [-0.15, -0.1) is 0 Å². The fourth-order valence-corrected chi connectivity index (χ4v) is 9.83. The van der Waals surface area contributed by atoms with E-state index in [0.717, 1.165) is 121 Å². The Bertz CT molecular complexity index is 4110. The van der Waals surface area contributed by atoms with Gasteiger partial charge in [-0.05, 0) is 88.7 Å². The highest BCUT2D eigenvalue weighted by Crippen LogP contribution is 2.38. The second kappa shape index (κ2) is 11.0. The van der Waals surface area contributed by atoms with Gasteiger partial charge >= 0.3 is 0 Å². The molecule has 2 bridgehead atoms. The van der Waals surface area contributed by atoms with Gasteiger partial charge < -0.3 is 13.8 Å². The van der Waals surface area contributed by atoms with Crippen LogP contribution >= 0.6 is 0 Å². The van der Waals surface area contributed by atoms with Crippen molar-refractivity contribution in [2.75, 3.05) is 0 Å². The van der Waals surface area contributed by atoms with Gasteiger partial charge in [0, 0.05) is 26.9 Å². The van der Waals surface area contributed by atoms with E-state index in [1.165, 1.54) is 11.1 Å². The zero-order chi connectivity index (χ0) is 40.6. The number of para-hydroxylation sites is 2. The lowest BCUT2D eigenvalue weighted by Gasteiger charge is -2.21. The standard InChI is InChI=1S/C52H40N6O2/c1-27-48-43-33-26-30(52(5,6)7)17-20-36(33)57(49-53-34-18-22-41-44(46(34)54-49)31-12-8-10-14-39(31)59-41)38(43)25-28-24-29(51(2,3)4)16-19-35(28)56(27)50-55-47-37(58(48)50)21-23-42-45(47)32-13-9-11-15-40(32)60-42/h8-26H,1H2,2-7H3,(H,53,54). The third kappa shape index (κ3) is 4.29. The van der Waals surface area contributed by atoms with Gasteiger partial charge in [-0.1, -0.05) is 96.7 Å². The molecule has 0 saturated heterocycles. The third-order valence-electron chi connectivity index (χ3n) is 12.8. The van der Waals surface area contributed by atoms with Crippen molar-refractivity contribution in [3.8, 4) is 11.6 Å². The van der Waals surface area contributed by atoms with Gasteiger partial charge in [0.2, 0.25) is 11.7 Å². The van der Waals surface area contributed by atoms with Crippen molar-refractivity contribution in [1.82, 2.24) is 28.5 Å². The maximum Gasteiger partial charge on any atom is 0.220 e. The maximum atomic E-state index is 6.39. The molecular formula is C52H40N6O2. The molecule has 1 N–H and O–H groups in total. The minimum atomic E-state index is -0.0970. The summed E-state index contributed by atoms with van der Waals surface area (Å²) in [7, 11) is 0. The lowest BCUT2D eigenvalue weighted by Crippen LogP contribution is -2.23. The molecule has 0 unspecified atom stereocenters. The summed E-state index contributed by atoms with van der Waals surface area (Å²) in [5, 5.41) is 9.18. The highest BCUT2D eigenvalue weighted by Gasteiger charge is 2.27. The van der Waals surface area contributed by atoms with E-state index in [-0.39, 0.29) is 10.8 Å². The maximum absolute atomic E-state index is 6.39. The van der Waals surface area contributed by atoms with Gasteiger partial charge in [-0.25, -0.2) is 9.97 Å². The molecule has 0 saturated carbocycles. The lowest BCUT2D eigenvalue weighted by atomic mass is 9.85. The predicted octanol–water partition coefficient (Wildman–Crippen LogP) is 11.3. The molecular weight excluding hydrogens is 741 g/mol. The zero-order valence-electron chi connectivity index (χ0n) is 34.2. The number of aromatic nitrogens is 6. The van der Waals surface area contributed by atoms with E-state index >= 15 is 0 Å². The van der Waals surface area contributed by atoms with E-state index in [0.29, 0.717) is 0 Å². The zero-order valence-corrected chi connectivity index (χ0v) is 34.2. The molecule has 8 heteroatoms. The van der Waals surface area contributed by atoms with Gasteiger partial charge in [0.25, 0.3) is 0 Å². The Balaban J connectivity index is 1.29. The number of rotatable bonds is 1. The Morgan fingerprint density at radius 3 is 1.95 bits per heavy atom. The number of fused-ring (bicyclic) bond motifs is 21. The Morgan fingerprint density at radius 2 is 1.23 bits per heavy atom. The number of H-pyrrole nitrogens is 1. The first-order chi connectivity index (χ1) is 28.9. The molecule has 6 aromatic carbocycles. The Kier molecular flexibility index (Phi) is 6.19. The van der Waals surface area contributed by atoms with Gasteiger partial charge in [-0.3, -0.25) is 13.5 Å². The van der Waals surface area contributed by atoms with Gasteiger partial charge in [0.1, 0.15) is 33.4 Å². The van der Waals surface area contributed by atoms with Crippen molar-refractivity contribution < 1.29 is 8.83 Å². The summed E-state index contributed by atoms with van der Waals surface area (Å²) in [6.45, 7) is 18.5. The molecule has 8 nitrogen and oxygen atoms in total.